The van der Waals surface area contributed by atoms with Gasteiger partial charge in [0.2, 0.25) is 0 Å². The number of hydrogen-bond acceptors (Lipinski definition) is 5. The van der Waals surface area contributed by atoms with Gasteiger partial charge in [0, 0.05) is 23.8 Å². The van der Waals surface area contributed by atoms with Crippen molar-refractivity contribution in [3.8, 4) is 6.07 Å². The van der Waals surface area contributed by atoms with Crippen molar-refractivity contribution in [3.05, 3.63) is 39.0 Å². The predicted octanol–water partition coefficient (Wildman–Crippen LogP) is 2.97. The van der Waals surface area contributed by atoms with Crippen LogP contribution in [0.5, 0.6) is 0 Å². The summed E-state index contributed by atoms with van der Waals surface area (Å²) in [4.78, 5) is 10.9. The van der Waals surface area contributed by atoms with Crippen molar-refractivity contribution in [2.75, 3.05) is 11.9 Å². The SMILES string of the molecule is Cc1csc(CN(C)c2nc(C)cc(C)c2C#N)n1. The second-order valence-corrected chi connectivity index (χ2v) is 5.57. The Morgan fingerprint density at radius 2 is 2.00 bits per heavy atom. The van der Waals surface area contributed by atoms with Gasteiger partial charge >= 0.3 is 0 Å². The molecule has 2 rings (SSSR count). The van der Waals surface area contributed by atoms with Gasteiger partial charge in [0.15, 0.2) is 0 Å². The van der Waals surface area contributed by atoms with E-state index < -0.39 is 0 Å². The average molecular weight is 272 g/mol. The molecule has 0 unspecified atom stereocenters. The fraction of sp³-hybridized carbons (Fsp3) is 0.357. The molecule has 0 saturated carbocycles. The van der Waals surface area contributed by atoms with E-state index in [0.717, 1.165) is 27.8 Å². The smallest absolute Gasteiger partial charge is 0.147 e. The molecular formula is C14H16N4S. The summed E-state index contributed by atoms with van der Waals surface area (Å²) in [5.74, 6) is 0.729. The summed E-state index contributed by atoms with van der Waals surface area (Å²) in [6.07, 6.45) is 0. The van der Waals surface area contributed by atoms with Gasteiger partial charge in [-0.25, -0.2) is 9.97 Å². The van der Waals surface area contributed by atoms with Crippen molar-refractivity contribution < 1.29 is 0 Å². The molecule has 0 bridgehead atoms. The van der Waals surface area contributed by atoms with Crippen molar-refractivity contribution in [3.63, 3.8) is 0 Å². The van der Waals surface area contributed by atoms with E-state index in [1.54, 1.807) is 11.3 Å². The molecule has 0 N–H and O–H groups in total. The van der Waals surface area contributed by atoms with Gasteiger partial charge in [-0.15, -0.1) is 11.3 Å². The lowest BCUT2D eigenvalue weighted by atomic mass is 10.1. The molecule has 0 aliphatic heterocycles. The van der Waals surface area contributed by atoms with Crippen LogP contribution in [-0.2, 0) is 6.54 Å². The first kappa shape index (κ1) is 13.5. The fourth-order valence-corrected chi connectivity index (χ4v) is 2.81. The number of hydrogen-bond donors (Lipinski definition) is 0. The molecule has 0 aliphatic carbocycles. The molecule has 0 atom stereocenters. The number of aryl methyl sites for hydroxylation is 3. The quantitative estimate of drug-likeness (QED) is 0.862. The minimum absolute atomic E-state index is 0.640. The third-order valence-corrected chi connectivity index (χ3v) is 3.79. The molecule has 19 heavy (non-hydrogen) atoms. The van der Waals surface area contributed by atoms with Gasteiger partial charge in [0.05, 0.1) is 12.1 Å². The van der Waals surface area contributed by atoms with Crippen LogP contribution < -0.4 is 4.90 Å². The molecule has 0 aliphatic rings. The largest absolute Gasteiger partial charge is 0.352 e. The van der Waals surface area contributed by atoms with Crippen molar-refractivity contribution >= 4 is 17.2 Å². The summed E-state index contributed by atoms with van der Waals surface area (Å²) < 4.78 is 0. The normalized spacial score (nSPS) is 10.3. The minimum atomic E-state index is 0.640. The topological polar surface area (TPSA) is 52.8 Å². The Labute approximate surface area is 117 Å². The number of aromatic nitrogens is 2. The third kappa shape index (κ3) is 2.91. The van der Waals surface area contributed by atoms with E-state index in [1.807, 2.05) is 44.2 Å². The standard InChI is InChI=1S/C14H16N4S/c1-9-5-10(2)17-14(12(9)6-15)18(4)7-13-16-11(3)8-19-13/h5,8H,7H2,1-4H3. The molecule has 0 aromatic carbocycles. The van der Waals surface area contributed by atoms with Crippen LogP contribution in [0, 0.1) is 32.1 Å². The number of thiazole rings is 1. The Hall–Kier alpha value is -1.93. The van der Waals surface area contributed by atoms with Crippen LogP contribution in [0.4, 0.5) is 5.82 Å². The molecule has 5 heteroatoms. The summed E-state index contributed by atoms with van der Waals surface area (Å²) in [6, 6.07) is 4.18. The maximum Gasteiger partial charge on any atom is 0.147 e. The molecule has 2 aromatic rings. The zero-order valence-electron chi connectivity index (χ0n) is 11.6. The Morgan fingerprint density at radius 3 is 2.58 bits per heavy atom. The Kier molecular flexibility index (Phi) is 3.82. The van der Waals surface area contributed by atoms with Gasteiger partial charge in [0.25, 0.3) is 0 Å². The third-order valence-electron chi connectivity index (χ3n) is 2.84. The molecule has 0 amide bonds. The highest BCUT2D eigenvalue weighted by Gasteiger charge is 2.14. The maximum atomic E-state index is 9.28. The Morgan fingerprint density at radius 1 is 1.26 bits per heavy atom. The molecule has 0 saturated heterocycles. The van der Waals surface area contributed by atoms with Crippen LogP contribution in [0.3, 0.4) is 0 Å². The highest BCUT2D eigenvalue weighted by atomic mass is 32.1. The number of rotatable bonds is 3. The van der Waals surface area contributed by atoms with Gasteiger partial charge in [-0.3, -0.25) is 0 Å². The van der Waals surface area contributed by atoms with Gasteiger partial charge in [-0.2, -0.15) is 5.26 Å². The zero-order valence-corrected chi connectivity index (χ0v) is 12.4. The monoisotopic (exact) mass is 272 g/mol. The van der Waals surface area contributed by atoms with Crippen LogP contribution in [-0.4, -0.2) is 17.0 Å². The van der Waals surface area contributed by atoms with E-state index in [2.05, 4.69) is 16.0 Å². The second kappa shape index (κ2) is 5.37. The van der Waals surface area contributed by atoms with Crippen LogP contribution in [0.25, 0.3) is 0 Å². The lowest BCUT2D eigenvalue weighted by Crippen LogP contribution is -2.19. The molecule has 98 valence electrons. The van der Waals surface area contributed by atoms with Crippen molar-refractivity contribution in [2.45, 2.75) is 27.3 Å². The maximum absolute atomic E-state index is 9.28. The van der Waals surface area contributed by atoms with Gasteiger partial charge in [-0.05, 0) is 32.4 Å². The molecule has 2 heterocycles. The van der Waals surface area contributed by atoms with Gasteiger partial charge in [0.1, 0.15) is 16.9 Å². The van der Waals surface area contributed by atoms with E-state index in [-0.39, 0.29) is 0 Å². The summed E-state index contributed by atoms with van der Waals surface area (Å²) in [7, 11) is 1.94. The minimum Gasteiger partial charge on any atom is -0.352 e. The van der Waals surface area contributed by atoms with E-state index >= 15 is 0 Å². The van der Waals surface area contributed by atoms with Crippen LogP contribution in [0.1, 0.15) is 27.5 Å². The van der Waals surface area contributed by atoms with E-state index in [1.165, 1.54) is 0 Å². The first-order chi connectivity index (χ1) is 9.01. The Balaban J connectivity index is 2.33. The molecule has 2 aromatic heterocycles. The first-order valence-corrected chi connectivity index (χ1v) is 6.89. The van der Waals surface area contributed by atoms with Crippen molar-refractivity contribution in [2.24, 2.45) is 0 Å². The summed E-state index contributed by atoms with van der Waals surface area (Å²) in [5, 5.41) is 12.3. The lowest BCUT2D eigenvalue weighted by Gasteiger charge is -2.19. The first-order valence-electron chi connectivity index (χ1n) is 6.01. The van der Waals surface area contributed by atoms with Gasteiger partial charge < -0.3 is 4.90 Å². The number of anilines is 1. The summed E-state index contributed by atoms with van der Waals surface area (Å²) in [5.41, 5.74) is 3.56. The molecular weight excluding hydrogens is 256 g/mol. The number of pyridine rings is 1. The molecule has 0 fully saturated rings. The zero-order chi connectivity index (χ0) is 14.0. The number of nitrogens with zero attached hydrogens (tertiary/aromatic N) is 4. The second-order valence-electron chi connectivity index (χ2n) is 4.63. The highest BCUT2D eigenvalue weighted by Crippen LogP contribution is 2.23. The Bertz CT molecular complexity index is 639. The van der Waals surface area contributed by atoms with Gasteiger partial charge in [-0.1, -0.05) is 0 Å². The van der Waals surface area contributed by atoms with Crippen LogP contribution in [0.15, 0.2) is 11.4 Å². The molecule has 0 spiro atoms. The lowest BCUT2D eigenvalue weighted by molar-refractivity contribution is 0.874. The van der Waals surface area contributed by atoms with E-state index in [0.29, 0.717) is 12.1 Å². The summed E-state index contributed by atoms with van der Waals surface area (Å²) >= 11 is 1.63. The molecule has 4 nitrogen and oxygen atoms in total. The molecule has 0 radical (unpaired) electrons. The summed E-state index contributed by atoms with van der Waals surface area (Å²) in [6.45, 7) is 6.54. The van der Waals surface area contributed by atoms with Crippen LogP contribution >= 0.6 is 11.3 Å². The number of nitriles is 1. The van der Waals surface area contributed by atoms with E-state index in [9.17, 15) is 5.26 Å². The average Bonchev–Trinajstić information content (AvgIpc) is 2.73. The predicted molar refractivity (Wildman–Crippen MR) is 77.4 cm³/mol. The van der Waals surface area contributed by atoms with E-state index in [4.69, 9.17) is 0 Å². The van der Waals surface area contributed by atoms with Crippen molar-refractivity contribution in [1.29, 1.82) is 5.26 Å². The fourth-order valence-electron chi connectivity index (χ4n) is 1.98. The van der Waals surface area contributed by atoms with Crippen molar-refractivity contribution in [1.82, 2.24) is 9.97 Å². The van der Waals surface area contributed by atoms with Crippen LogP contribution in [0.2, 0.25) is 0 Å². The highest BCUT2D eigenvalue weighted by molar-refractivity contribution is 7.09.